The third-order valence-electron chi connectivity index (χ3n) is 2.66. The standard InChI is InChI=1S/C10H20N2O/c1-3-11(4-2)10(13)12-8-6-5-7-9-12/h3-9H2,1-2H3. The lowest BCUT2D eigenvalue weighted by atomic mass is 10.1. The lowest BCUT2D eigenvalue weighted by Crippen LogP contribution is -2.45. The summed E-state index contributed by atoms with van der Waals surface area (Å²) in [5, 5.41) is 0. The Kier molecular flexibility index (Phi) is 4.06. The summed E-state index contributed by atoms with van der Waals surface area (Å²) in [6, 6.07) is 0.227. The quantitative estimate of drug-likeness (QED) is 0.643. The number of amides is 2. The summed E-state index contributed by atoms with van der Waals surface area (Å²) in [6.45, 7) is 7.62. The Hall–Kier alpha value is -0.730. The second-order valence-corrected chi connectivity index (χ2v) is 3.50. The maximum absolute atomic E-state index is 11.8. The fourth-order valence-corrected chi connectivity index (χ4v) is 1.78. The number of nitrogens with zero attached hydrogens (tertiary/aromatic N) is 2. The summed E-state index contributed by atoms with van der Waals surface area (Å²) in [5.41, 5.74) is 0. The van der Waals surface area contributed by atoms with Crippen molar-refractivity contribution < 1.29 is 4.79 Å². The molecule has 0 bridgehead atoms. The van der Waals surface area contributed by atoms with E-state index < -0.39 is 0 Å². The van der Waals surface area contributed by atoms with Crippen molar-refractivity contribution in [3.05, 3.63) is 0 Å². The average molecular weight is 184 g/mol. The smallest absolute Gasteiger partial charge is 0.319 e. The number of likely N-dealkylation sites (tertiary alicyclic amines) is 1. The van der Waals surface area contributed by atoms with Crippen LogP contribution in [0.4, 0.5) is 4.79 Å². The van der Waals surface area contributed by atoms with Gasteiger partial charge in [-0.2, -0.15) is 0 Å². The Bertz CT molecular complexity index is 160. The molecule has 0 atom stereocenters. The van der Waals surface area contributed by atoms with Gasteiger partial charge in [0.15, 0.2) is 0 Å². The molecule has 0 N–H and O–H groups in total. The fourth-order valence-electron chi connectivity index (χ4n) is 1.78. The average Bonchev–Trinajstić information content (AvgIpc) is 2.21. The summed E-state index contributed by atoms with van der Waals surface area (Å²) in [4.78, 5) is 15.7. The second kappa shape index (κ2) is 5.10. The van der Waals surface area contributed by atoms with Gasteiger partial charge in [-0.05, 0) is 33.1 Å². The SMILES string of the molecule is CCN(CC)C(=O)N1CCCCC1. The molecule has 1 heterocycles. The molecule has 0 unspecified atom stereocenters. The summed E-state index contributed by atoms with van der Waals surface area (Å²) in [6.07, 6.45) is 3.63. The highest BCUT2D eigenvalue weighted by molar-refractivity contribution is 5.74. The molecular formula is C10H20N2O. The van der Waals surface area contributed by atoms with E-state index in [2.05, 4.69) is 0 Å². The van der Waals surface area contributed by atoms with Crippen molar-refractivity contribution in [1.29, 1.82) is 0 Å². The van der Waals surface area contributed by atoms with Crippen molar-refractivity contribution in [2.75, 3.05) is 26.2 Å². The predicted octanol–water partition coefficient (Wildman–Crippen LogP) is 1.93. The predicted molar refractivity (Wildman–Crippen MR) is 53.7 cm³/mol. The molecule has 1 aliphatic heterocycles. The molecule has 0 aromatic carbocycles. The number of carbonyl (C=O) groups is 1. The van der Waals surface area contributed by atoms with Crippen molar-refractivity contribution in [3.8, 4) is 0 Å². The van der Waals surface area contributed by atoms with Crippen LogP contribution in [-0.2, 0) is 0 Å². The zero-order chi connectivity index (χ0) is 9.68. The van der Waals surface area contributed by atoms with Gasteiger partial charge in [0.2, 0.25) is 0 Å². The van der Waals surface area contributed by atoms with Gasteiger partial charge in [-0.25, -0.2) is 4.79 Å². The molecule has 76 valence electrons. The third kappa shape index (κ3) is 2.61. The van der Waals surface area contributed by atoms with Crippen LogP contribution in [0.1, 0.15) is 33.1 Å². The van der Waals surface area contributed by atoms with Gasteiger partial charge in [-0.3, -0.25) is 0 Å². The maximum atomic E-state index is 11.8. The van der Waals surface area contributed by atoms with E-state index in [-0.39, 0.29) is 6.03 Å². The molecule has 3 heteroatoms. The van der Waals surface area contributed by atoms with E-state index in [1.165, 1.54) is 19.3 Å². The number of carbonyl (C=O) groups excluding carboxylic acids is 1. The van der Waals surface area contributed by atoms with Gasteiger partial charge in [-0.1, -0.05) is 0 Å². The van der Waals surface area contributed by atoms with Gasteiger partial charge in [0.25, 0.3) is 0 Å². The Labute approximate surface area is 80.7 Å². The molecule has 0 aromatic rings. The molecule has 0 aliphatic carbocycles. The summed E-state index contributed by atoms with van der Waals surface area (Å²) in [5.74, 6) is 0. The van der Waals surface area contributed by atoms with Crippen molar-refractivity contribution in [3.63, 3.8) is 0 Å². The van der Waals surface area contributed by atoms with Crippen LogP contribution < -0.4 is 0 Å². The normalized spacial score (nSPS) is 17.2. The number of urea groups is 1. The first-order valence-electron chi connectivity index (χ1n) is 5.33. The van der Waals surface area contributed by atoms with Crippen molar-refractivity contribution in [2.24, 2.45) is 0 Å². The van der Waals surface area contributed by atoms with E-state index in [1.807, 2.05) is 23.6 Å². The number of hydrogen-bond acceptors (Lipinski definition) is 1. The van der Waals surface area contributed by atoms with Crippen molar-refractivity contribution >= 4 is 6.03 Å². The number of hydrogen-bond donors (Lipinski definition) is 0. The Balaban J connectivity index is 2.44. The van der Waals surface area contributed by atoms with Gasteiger partial charge in [0.1, 0.15) is 0 Å². The summed E-state index contributed by atoms with van der Waals surface area (Å²) in [7, 11) is 0. The molecule has 0 spiro atoms. The highest BCUT2D eigenvalue weighted by atomic mass is 16.2. The van der Waals surface area contributed by atoms with Crippen molar-refractivity contribution in [2.45, 2.75) is 33.1 Å². The minimum Gasteiger partial charge on any atom is -0.325 e. The van der Waals surface area contributed by atoms with Gasteiger partial charge in [0, 0.05) is 26.2 Å². The van der Waals surface area contributed by atoms with Gasteiger partial charge in [0.05, 0.1) is 0 Å². The number of piperidine rings is 1. The number of rotatable bonds is 2. The molecule has 1 fully saturated rings. The van der Waals surface area contributed by atoms with E-state index in [0.29, 0.717) is 0 Å². The molecule has 3 nitrogen and oxygen atoms in total. The zero-order valence-electron chi connectivity index (χ0n) is 8.75. The van der Waals surface area contributed by atoms with E-state index >= 15 is 0 Å². The summed E-state index contributed by atoms with van der Waals surface area (Å²) < 4.78 is 0. The third-order valence-corrected chi connectivity index (χ3v) is 2.66. The molecule has 1 rings (SSSR count). The first kappa shape index (κ1) is 10.4. The highest BCUT2D eigenvalue weighted by Gasteiger charge is 2.19. The van der Waals surface area contributed by atoms with Crippen LogP contribution in [0.15, 0.2) is 0 Å². The molecular weight excluding hydrogens is 164 g/mol. The maximum Gasteiger partial charge on any atom is 0.319 e. The van der Waals surface area contributed by atoms with Crippen LogP contribution in [0.2, 0.25) is 0 Å². The topological polar surface area (TPSA) is 23.6 Å². The molecule has 1 aliphatic rings. The van der Waals surface area contributed by atoms with E-state index in [0.717, 1.165) is 26.2 Å². The van der Waals surface area contributed by atoms with Gasteiger partial charge in [-0.15, -0.1) is 0 Å². The van der Waals surface area contributed by atoms with Crippen molar-refractivity contribution in [1.82, 2.24) is 9.80 Å². The van der Waals surface area contributed by atoms with Crippen LogP contribution in [0.5, 0.6) is 0 Å². The largest absolute Gasteiger partial charge is 0.325 e. The van der Waals surface area contributed by atoms with Crippen LogP contribution in [-0.4, -0.2) is 42.0 Å². The minimum absolute atomic E-state index is 0.227. The lowest BCUT2D eigenvalue weighted by Gasteiger charge is -2.31. The molecule has 1 saturated heterocycles. The van der Waals surface area contributed by atoms with Gasteiger partial charge >= 0.3 is 6.03 Å². The minimum atomic E-state index is 0.227. The lowest BCUT2D eigenvalue weighted by molar-refractivity contribution is 0.148. The van der Waals surface area contributed by atoms with Crippen LogP contribution >= 0.6 is 0 Å². The fraction of sp³-hybridized carbons (Fsp3) is 0.900. The monoisotopic (exact) mass is 184 g/mol. The van der Waals surface area contributed by atoms with Gasteiger partial charge < -0.3 is 9.80 Å². The Morgan fingerprint density at radius 1 is 1.15 bits per heavy atom. The Morgan fingerprint density at radius 2 is 1.69 bits per heavy atom. The zero-order valence-corrected chi connectivity index (χ0v) is 8.75. The van der Waals surface area contributed by atoms with Crippen LogP contribution in [0, 0.1) is 0 Å². The van der Waals surface area contributed by atoms with E-state index in [1.54, 1.807) is 0 Å². The molecule has 0 saturated carbocycles. The Morgan fingerprint density at radius 3 is 2.15 bits per heavy atom. The van der Waals surface area contributed by atoms with Crippen LogP contribution in [0.3, 0.4) is 0 Å². The molecule has 2 amide bonds. The van der Waals surface area contributed by atoms with E-state index in [9.17, 15) is 4.79 Å². The van der Waals surface area contributed by atoms with Crippen LogP contribution in [0.25, 0.3) is 0 Å². The molecule has 13 heavy (non-hydrogen) atoms. The van der Waals surface area contributed by atoms with E-state index in [4.69, 9.17) is 0 Å². The first-order valence-corrected chi connectivity index (χ1v) is 5.33. The highest BCUT2D eigenvalue weighted by Crippen LogP contribution is 2.10. The first-order chi connectivity index (χ1) is 6.29. The molecule has 0 aromatic heterocycles. The second-order valence-electron chi connectivity index (χ2n) is 3.50. The summed E-state index contributed by atoms with van der Waals surface area (Å²) >= 11 is 0. The molecule has 0 radical (unpaired) electrons.